The normalized spacial score (nSPS) is 13.0. The smallest absolute Gasteiger partial charge is 0.294 e. The molecule has 11 heteroatoms. The Hall–Kier alpha value is -4.81. The Morgan fingerprint density at radius 1 is 0.600 bits per heavy atom. The SMILES string of the molecule is CCN(Cc1cccc(S(=O)(=O)O)c1)c1ccc(C(=C2C=CC(=[N+](C)C)C=C2)c2ccc(N(CC)Cc3cccc(S(=O)(=O)O)c3)cc2)cc1. The highest BCUT2D eigenvalue weighted by atomic mass is 32.2. The molecule has 0 unspecified atom stereocenters. The van der Waals surface area contributed by atoms with Crippen molar-refractivity contribution in [1.82, 2.24) is 0 Å². The lowest BCUT2D eigenvalue weighted by molar-refractivity contribution is -0.462. The highest BCUT2D eigenvalue weighted by molar-refractivity contribution is 7.86. The molecule has 0 atom stereocenters. The lowest BCUT2D eigenvalue weighted by Gasteiger charge is -2.25. The minimum atomic E-state index is -4.29. The van der Waals surface area contributed by atoms with Crippen LogP contribution in [0.2, 0.25) is 0 Å². The average Bonchev–Trinajstić information content (AvgIpc) is 3.10. The standard InChI is InChI=1S/C39H41N3O6S2/c1-5-41(27-29-9-7-11-37(25-29)49(43,44)45)35-21-15-32(16-22-35)39(31-13-19-34(20-14-31)40(3)4)33-17-23-36(24-18-33)42(6-2)28-30-10-8-12-38(26-30)50(46,47)48/h7-26H,5-6,27-28H2,1-4H3,(H-,43,44,45,46,47,48)/p+1. The molecule has 2 N–H and O–H groups in total. The quantitative estimate of drug-likeness (QED) is 0.121. The van der Waals surface area contributed by atoms with E-state index in [-0.39, 0.29) is 9.79 Å². The summed E-state index contributed by atoms with van der Waals surface area (Å²) in [5.74, 6) is 0. The fraction of sp³-hybridized carbons (Fsp3) is 0.205. The van der Waals surface area contributed by atoms with Crippen molar-refractivity contribution in [2.24, 2.45) is 0 Å². The van der Waals surface area contributed by atoms with Crippen molar-refractivity contribution < 1.29 is 30.5 Å². The van der Waals surface area contributed by atoms with Gasteiger partial charge in [-0.3, -0.25) is 9.11 Å². The van der Waals surface area contributed by atoms with Gasteiger partial charge in [-0.25, -0.2) is 4.58 Å². The molecule has 0 fully saturated rings. The van der Waals surface area contributed by atoms with Crippen LogP contribution in [0.1, 0.15) is 36.1 Å². The van der Waals surface area contributed by atoms with Crippen LogP contribution in [0.5, 0.6) is 0 Å². The number of hydrogen-bond donors (Lipinski definition) is 2. The van der Waals surface area contributed by atoms with Crippen molar-refractivity contribution >= 4 is 42.9 Å². The molecule has 50 heavy (non-hydrogen) atoms. The molecule has 0 saturated carbocycles. The molecule has 0 aliphatic heterocycles. The fourth-order valence-electron chi connectivity index (χ4n) is 5.92. The predicted molar refractivity (Wildman–Crippen MR) is 200 cm³/mol. The van der Waals surface area contributed by atoms with Crippen molar-refractivity contribution in [3.05, 3.63) is 149 Å². The maximum atomic E-state index is 11.7. The largest absolute Gasteiger partial charge is 0.367 e. The summed E-state index contributed by atoms with van der Waals surface area (Å²) in [6, 6.07) is 29.3. The third-order valence-corrected chi connectivity index (χ3v) is 10.3. The Morgan fingerprint density at radius 3 is 1.34 bits per heavy atom. The predicted octanol–water partition coefficient (Wildman–Crippen LogP) is 6.87. The summed E-state index contributed by atoms with van der Waals surface area (Å²) in [5.41, 5.74) is 8.74. The second-order valence-corrected chi connectivity index (χ2v) is 15.0. The van der Waals surface area contributed by atoms with Gasteiger partial charge in [-0.2, -0.15) is 16.8 Å². The van der Waals surface area contributed by atoms with Crippen LogP contribution in [0.4, 0.5) is 11.4 Å². The monoisotopic (exact) mass is 712 g/mol. The first-order valence-electron chi connectivity index (χ1n) is 16.2. The number of anilines is 2. The van der Waals surface area contributed by atoms with E-state index < -0.39 is 20.2 Å². The van der Waals surface area contributed by atoms with Gasteiger partial charge in [0, 0.05) is 49.7 Å². The first kappa shape index (κ1) is 36.5. The van der Waals surface area contributed by atoms with Gasteiger partial charge in [0.05, 0.1) is 9.79 Å². The molecule has 9 nitrogen and oxygen atoms in total. The van der Waals surface area contributed by atoms with Crippen molar-refractivity contribution in [2.45, 2.75) is 36.7 Å². The summed E-state index contributed by atoms with van der Waals surface area (Å²) in [6.45, 7) is 6.39. The minimum Gasteiger partial charge on any atom is -0.367 e. The summed E-state index contributed by atoms with van der Waals surface area (Å²) in [6.07, 6.45) is 8.43. The number of benzene rings is 4. The second kappa shape index (κ2) is 15.4. The molecule has 1 aliphatic carbocycles. The number of hydrogen-bond acceptors (Lipinski definition) is 6. The molecule has 0 heterocycles. The van der Waals surface area contributed by atoms with Gasteiger partial charge in [-0.05, 0) is 108 Å². The van der Waals surface area contributed by atoms with Gasteiger partial charge in [0.25, 0.3) is 20.2 Å². The Bertz CT molecular complexity index is 2050. The van der Waals surface area contributed by atoms with Crippen LogP contribution in [-0.2, 0) is 33.3 Å². The molecule has 4 aromatic rings. The van der Waals surface area contributed by atoms with Crippen LogP contribution in [0.25, 0.3) is 5.57 Å². The number of rotatable bonds is 12. The molecule has 4 aromatic carbocycles. The van der Waals surface area contributed by atoms with Crippen LogP contribution < -0.4 is 9.80 Å². The molecule has 0 bridgehead atoms. The highest BCUT2D eigenvalue weighted by Gasteiger charge is 2.17. The van der Waals surface area contributed by atoms with E-state index in [0.717, 1.165) is 50.5 Å². The van der Waals surface area contributed by atoms with Gasteiger partial charge >= 0.3 is 0 Å². The van der Waals surface area contributed by atoms with E-state index in [1.54, 1.807) is 12.1 Å². The zero-order valence-electron chi connectivity index (χ0n) is 28.6. The van der Waals surface area contributed by atoms with Gasteiger partial charge in [-0.15, -0.1) is 0 Å². The molecule has 5 rings (SSSR count). The summed E-state index contributed by atoms with van der Waals surface area (Å²) >= 11 is 0. The Kier molecular flexibility index (Phi) is 11.2. The molecule has 260 valence electrons. The van der Waals surface area contributed by atoms with E-state index in [1.807, 2.05) is 40.1 Å². The Balaban J connectivity index is 1.46. The minimum absolute atomic E-state index is 0.125. The van der Waals surface area contributed by atoms with E-state index in [4.69, 9.17) is 0 Å². The molecule has 0 saturated heterocycles. The van der Waals surface area contributed by atoms with Gasteiger partial charge in [0.2, 0.25) is 0 Å². The van der Waals surface area contributed by atoms with E-state index in [0.29, 0.717) is 26.2 Å². The van der Waals surface area contributed by atoms with Gasteiger partial charge < -0.3 is 9.80 Å². The maximum absolute atomic E-state index is 11.7. The Morgan fingerprint density at radius 2 is 1.00 bits per heavy atom. The van der Waals surface area contributed by atoms with Crippen LogP contribution in [0, 0.1) is 0 Å². The summed E-state index contributed by atoms with van der Waals surface area (Å²) < 4.78 is 67.8. The zero-order valence-corrected chi connectivity index (χ0v) is 30.2. The van der Waals surface area contributed by atoms with Crippen molar-refractivity contribution in [3.63, 3.8) is 0 Å². The molecule has 0 spiro atoms. The highest BCUT2D eigenvalue weighted by Crippen LogP contribution is 2.33. The van der Waals surface area contributed by atoms with Crippen LogP contribution in [0.15, 0.2) is 137 Å². The first-order chi connectivity index (χ1) is 23.8. The fourth-order valence-corrected chi connectivity index (χ4v) is 7.03. The Labute approximate surface area is 295 Å². The molecule has 0 aromatic heterocycles. The maximum Gasteiger partial charge on any atom is 0.294 e. The van der Waals surface area contributed by atoms with Crippen molar-refractivity contribution in [1.29, 1.82) is 0 Å². The molecule has 0 amide bonds. The molecular weight excluding hydrogens is 671 g/mol. The topological polar surface area (TPSA) is 118 Å². The molecule has 1 aliphatic rings. The van der Waals surface area contributed by atoms with E-state index in [2.05, 4.69) is 87.2 Å². The van der Waals surface area contributed by atoms with E-state index in [1.165, 1.54) is 24.3 Å². The molecule has 0 radical (unpaired) electrons. The lowest BCUT2D eigenvalue weighted by atomic mass is 9.90. The second-order valence-electron chi connectivity index (χ2n) is 12.2. The summed E-state index contributed by atoms with van der Waals surface area (Å²) in [4.78, 5) is 4.02. The van der Waals surface area contributed by atoms with Crippen molar-refractivity contribution in [2.75, 3.05) is 37.0 Å². The van der Waals surface area contributed by atoms with E-state index in [9.17, 15) is 25.9 Å². The lowest BCUT2D eigenvalue weighted by Crippen LogP contribution is -2.22. The van der Waals surface area contributed by atoms with E-state index >= 15 is 0 Å². The zero-order chi connectivity index (χ0) is 36.1. The number of allylic oxidation sites excluding steroid dienone is 5. The van der Waals surface area contributed by atoms with Gasteiger partial charge in [-0.1, -0.05) is 48.5 Å². The summed E-state index contributed by atoms with van der Waals surface area (Å²) in [5, 5.41) is 0. The summed E-state index contributed by atoms with van der Waals surface area (Å²) in [7, 11) is -4.57. The number of nitrogens with zero attached hydrogens (tertiary/aromatic N) is 3. The average molecular weight is 713 g/mol. The third kappa shape index (κ3) is 8.85. The molecular formula is C39H42N3O6S2+. The van der Waals surface area contributed by atoms with Crippen molar-refractivity contribution in [3.8, 4) is 0 Å². The third-order valence-electron chi connectivity index (χ3n) is 8.62. The van der Waals surface area contributed by atoms with Crippen LogP contribution >= 0.6 is 0 Å². The van der Waals surface area contributed by atoms with Gasteiger partial charge in [0.1, 0.15) is 14.1 Å². The van der Waals surface area contributed by atoms with Crippen LogP contribution in [0.3, 0.4) is 0 Å². The van der Waals surface area contributed by atoms with Crippen LogP contribution in [-0.4, -0.2) is 63.4 Å². The first-order valence-corrected chi connectivity index (χ1v) is 19.1. The van der Waals surface area contributed by atoms with Gasteiger partial charge in [0.15, 0.2) is 5.71 Å².